The zero-order valence-corrected chi connectivity index (χ0v) is 17.9. The maximum Gasteiger partial charge on any atom is 0.348 e. The third kappa shape index (κ3) is 4.64. The van der Waals surface area contributed by atoms with Crippen molar-refractivity contribution in [1.82, 2.24) is 14.5 Å². The second kappa shape index (κ2) is 9.07. The Balaban J connectivity index is 1.81. The zero-order chi connectivity index (χ0) is 19.4. The van der Waals surface area contributed by atoms with Gasteiger partial charge >= 0.3 is 5.69 Å². The molecule has 0 bridgehead atoms. The summed E-state index contributed by atoms with van der Waals surface area (Å²) in [6.45, 7) is 12.3. The highest BCUT2D eigenvalue weighted by molar-refractivity contribution is 7.98. The number of aryl methyl sites for hydroxylation is 2. The van der Waals surface area contributed by atoms with Gasteiger partial charge in [0.2, 0.25) is 0 Å². The number of nitrogens with zero attached hydrogens (tertiary/aromatic N) is 3. The van der Waals surface area contributed by atoms with Gasteiger partial charge in [0.1, 0.15) is 5.03 Å². The summed E-state index contributed by atoms with van der Waals surface area (Å²) in [6, 6.07) is 6.57. The fraction of sp³-hybridized carbons (Fsp3) is 0.545. The number of thioether (sulfide) groups is 1. The summed E-state index contributed by atoms with van der Waals surface area (Å²) in [5.74, 6) is 0.871. The molecule has 0 fully saturated rings. The van der Waals surface area contributed by atoms with Crippen molar-refractivity contribution in [1.29, 1.82) is 0 Å². The van der Waals surface area contributed by atoms with Gasteiger partial charge in [0, 0.05) is 30.1 Å². The van der Waals surface area contributed by atoms with Gasteiger partial charge in [0.15, 0.2) is 0 Å². The molecule has 1 heterocycles. The average molecular weight is 386 g/mol. The average Bonchev–Trinajstić information content (AvgIpc) is 3.14. The summed E-state index contributed by atoms with van der Waals surface area (Å²) in [5, 5.41) is 0.951. The minimum atomic E-state index is -0.0775. The molecule has 0 atom stereocenters. The number of fused-ring (bicyclic) bond motifs is 1. The van der Waals surface area contributed by atoms with Crippen LogP contribution in [0.4, 0.5) is 0 Å². The first-order chi connectivity index (χ1) is 13.0. The fourth-order valence-corrected chi connectivity index (χ4v) is 4.96. The van der Waals surface area contributed by atoms with Crippen LogP contribution in [-0.4, -0.2) is 34.1 Å². The summed E-state index contributed by atoms with van der Waals surface area (Å²) < 4.78 is 1.93. The smallest absolute Gasteiger partial charge is 0.302 e. The Labute approximate surface area is 167 Å². The van der Waals surface area contributed by atoms with Gasteiger partial charge in [0.25, 0.3) is 0 Å². The van der Waals surface area contributed by atoms with E-state index in [-0.39, 0.29) is 5.69 Å². The van der Waals surface area contributed by atoms with Crippen LogP contribution in [-0.2, 0) is 25.1 Å². The molecule has 3 rings (SSSR count). The molecule has 0 N–H and O–H groups in total. The highest BCUT2D eigenvalue weighted by Gasteiger charge is 2.22. The quantitative estimate of drug-likeness (QED) is 0.509. The van der Waals surface area contributed by atoms with Gasteiger partial charge in [-0.2, -0.15) is 4.98 Å². The number of benzene rings is 1. The van der Waals surface area contributed by atoms with Crippen molar-refractivity contribution in [3.05, 3.63) is 56.6 Å². The van der Waals surface area contributed by atoms with Crippen LogP contribution in [0.15, 0.2) is 28.0 Å². The SMILES string of the molecule is CCN(CC)CCn1c2c(c(SCc3cc(C)ccc3C)nc1=O)CCC2. The minimum absolute atomic E-state index is 0.0775. The van der Waals surface area contributed by atoms with Crippen molar-refractivity contribution in [2.24, 2.45) is 0 Å². The van der Waals surface area contributed by atoms with E-state index in [0.29, 0.717) is 0 Å². The van der Waals surface area contributed by atoms with Crippen LogP contribution in [0.25, 0.3) is 0 Å². The number of rotatable bonds is 8. The first-order valence-corrected chi connectivity index (χ1v) is 11.1. The van der Waals surface area contributed by atoms with E-state index in [0.717, 1.165) is 56.2 Å². The van der Waals surface area contributed by atoms with E-state index in [4.69, 9.17) is 0 Å². The molecule has 1 aliphatic carbocycles. The lowest BCUT2D eigenvalue weighted by atomic mass is 10.1. The summed E-state index contributed by atoms with van der Waals surface area (Å²) in [5.41, 5.74) is 6.37. The second-order valence-corrected chi connectivity index (χ2v) is 8.34. The van der Waals surface area contributed by atoms with Crippen LogP contribution in [0.3, 0.4) is 0 Å². The molecular weight excluding hydrogens is 354 g/mol. The summed E-state index contributed by atoms with van der Waals surface area (Å²) in [6.07, 6.45) is 3.17. The van der Waals surface area contributed by atoms with E-state index in [9.17, 15) is 4.79 Å². The molecule has 0 radical (unpaired) electrons. The molecule has 1 aromatic carbocycles. The Morgan fingerprint density at radius 3 is 2.70 bits per heavy atom. The lowest BCUT2D eigenvalue weighted by Crippen LogP contribution is -2.33. The predicted octanol–water partition coefficient (Wildman–Crippen LogP) is 3.98. The Bertz CT molecular complexity index is 855. The van der Waals surface area contributed by atoms with Crippen LogP contribution in [0.1, 0.15) is 48.2 Å². The number of hydrogen-bond donors (Lipinski definition) is 0. The van der Waals surface area contributed by atoms with Crippen LogP contribution in [0.2, 0.25) is 0 Å². The topological polar surface area (TPSA) is 38.1 Å². The van der Waals surface area contributed by atoms with Gasteiger partial charge in [-0.05, 0) is 57.3 Å². The number of hydrogen-bond acceptors (Lipinski definition) is 4. The van der Waals surface area contributed by atoms with Crippen molar-refractivity contribution in [3.63, 3.8) is 0 Å². The van der Waals surface area contributed by atoms with Crippen LogP contribution >= 0.6 is 11.8 Å². The standard InChI is InChI=1S/C22H31N3OS/c1-5-24(6-2)12-13-25-20-9-7-8-19(20)21(23-22(25)26)27-15-18-14-16(3)10-11-17(18)4/h10-11,14H,5-9,12-13,15H2,1-4H3. The van der Waals surface area contributed by atoms with Crippen molar-refractivity contribution >= 4 is 11.8 Å². The Morgan fingerprint density at radius 2 is 1.96 bits per heavy atom. The van der Waals surface area contributed by atoms with Gasteiger partial charge in [-0.1, -0.05) is 37.6 Å². The summed E-state index contributed by atoms with van der Waals surface area (Å²) in [4.78, 5) is 19.6. The van der Waals surface area contributed by atoms with Crippen LogP contribution < -0.4 is 5.69 Å². The number of likely N-dealkylation sites (N-methyl/N-ethyl adjacent to an activating group) is 1. The van der Waals surface area contributed by atoms with Gasteiger partial charge < -0.3 is 4.90 Å². The Hall–Kier alpha value is -1.59. The van der Waals surface area contributed by atoms with Crippen molar-refractivity contribution < 1.29 is 0 Å². The van der Waals surface area contributed by atoms with E-state index >= 15 is 0 Å². The first kappa shape index (κ1) is 20.2. The largest absolute Gasteiger partial charge is 0.348 e. The molecule has 2 aromatic rings. The summed E-state index contributed by atoms with van der Waals surface area (Å²) in [7, 11) is 0. The van der Waals surface area contributed by atoms with Gasteiger partial charge in [-0.3, -0.25) is 4.57 Å². The van der Waals surface area contributed by atoms with E-state index in [1.807, 2.05) is 4.57 Å². The molecule has 0 aliphatic heterocycles. The molecule has 0 unspecified atom stereocenters. The Morgan fingerprint density at radius 1 is 1.19 bits per heavy atom. The lowest BCUT2D eigenvalue weighted by Gasteiger charge is -2.20. The maximum atomic E-state index is 12.7. The molecule has 146 valence electrons. The van der Waals surface area contributed by atoms with Crippen LogP contribution in [0.5, 0.6) is 0 Å². The molecule has 0 saturated heterocycles. The van der Waals surface area contributed by atoms with E-state index in [2.05, 4.69) is 55.8 Å². The van der Waals surface area contributed by atoms with E-state index in [1.165, 1.54) is 27.9 Å². The lowest BCUT2D eigenvalue weighted by molar-refractivity contribution is 0.286. The highest BCUT2D eigenvalue weighted by Crippen LogP contribution is 2.31. The molecule has 4 nitrogen and oxygen atoms in total. The first-order valence-electron chi connectivity index (χ1n) is 10.1. The van der Waals surface area contributed by atoms with Crippen molar-refractivity contribution in [2.75, 3.05) is 19.6 Å². The van der Waals surface area contributed by atoms with Gasteiger partial charge in [-0.15, -0.1) is 11.8 Å². The van der Waals surface area contributed by atoms with E-state index in [1.54, 1.807) is 11.8 Å². The minimum Gasteiger partial charge on any atom is -0.302 e. The maximum absolute atomic E-state index is 12.7. The normalized spacial score (nSPS) is 13.4. The molecule has 0 saturated carbocycles. The third-order valence-electron chi connectivity index (χ3n) is 5.60. The zero-order valence-electron chi connectivity index (χ0n) is 17.0. The highest BCUT2D eigenvalue weighted by atomic mass is 32.2. The molecule has 27 heavy (non-hydrogen) atoms. The molecule has 1 aromatic heterocycles. The molecular formula is C22H31N3OS. The Kier molecular flexibility index (Phi) is 6.77. The van der Waals surface area contributed by atoms with Crippen molar-refractivity contribution in [2.45, 2.75) is 64.3 Å². The van der Waals surface area contributed by atoms with Crippen LogP contribution in [0, 0.1) is 13.8 Å². The number of aromatic nitrogens is 2. The molecule has 0 amide bonds. The fourth-order valence-electron chi connectivity index (χ4n) is 3.82. The van der Waals surface area contributed by atoms with Crippen molar-refractivity contribution in [3.8, 4) is 0 Å². The third-order valence-corrected chi connectivity index (χ3v) is 6.67. The molecule has 5 heteroatoms. The predicted molar refractivity (Wildman–Crippen MR) is 114 cm³/mol. The second-order valence-electron chi connectivity index (χ2n) is 7.38. The van der Waals surface area contributed by atoms with Gasteiger partial charge in [0.05, 0.1) is 0 Å². The van der Waals surface area contributed by atoms with E-state index < -0.39 is 0 Å². The molecule has 1 aliphatic rings. The monoisotopic (exact) mass is 385 g/mol. The molecule has 0 spiro atoms. The van der Waals surface area contributed by atoms with Gasteiger partial charge in [-0.25, -0.2) is 4.79 Å². The summed E-state index contributed by atoms with van der Waals surface area (Å²) >= 11 is 1.72.